The van der Waals surface area contributed by atoms with Crippen LogP contribution in [0, 0.1) is 0 Å². The minimum Gasteiger partial charge on any atom is -0.374 e. The zero-order valence-electron chi connectivity index (χ0n) is 8.92. The monoisotopic (exact) mass is 228 g/mol. The molecule has 0 radical (unpaired) electrons. The van der Waals surface area contributed by atoms with E-state index in [1.54, 1.807) is 0 Å². The first kappa shape index (κ1) is 11.2. The molecule has 0 bridgehead atoms. The maximum atomic E-state index is 5.79. The quantitative estimate of drug-likeness (QED) is 0.574. The lowest BCUT2D eigenvalue weighted by Gasteiger charge is -2.34. The molecule has 0 heterocycles. The van der Waals surface area contributed by atoms with E-state index in [1.807, 2.05) is 0 Å². The Balaban J connectivity index is 2.68. The minimum absolute atomic E-state index is 0.149. The van der Waals surface area contributed by atoms with Crippen molar-refractivity contribution in [1.29, 1.82) is 0 Å². The Hall–Kier alpha value is 0.0906. The second-order valence-corrected chi connectivity index (χ2v) is 20.4. The highest BCUT2D eigenvalue weighted by Crippen LogP contribution is 2.35. The lowest BCUT2D eigenvalue weighted by molar-refractivity contribution is 0.0769. The van der Waals surface area contributed by atoms with Crippen molar-refractivity contribution in [3.05, 3.63) is 24.3 Å². The molecule has 1 aliphatic carbocycles. The van der Waals surface area contributed by atoms with E-state index in [0.717, 1.165) is 6.61 Å². The zero-order chi connectivity index (χ0) is 9.73. The van der Waals surface area contributed by atoms with Crippen LogP contribution in [0.3, 0.4) is 0 Å². The molecule has 0 N–H and O–H groups in total. The molecule has 0 amide bonds. The van der Waals surface area contributed by atoms with Gasteiger partial charge in [-0.2, -0.15) is 0 Å². The van der Waals surface area contributed by atoms with Crippen LogP contribution in [0.15, 0.2) is 24.3 Å². The van der Waals surface area contributed by atoms with Gasteiger partial charge >= 0.3 is 0 Å². The largest absolute Gasteiger partial charge is 0.374 e. The molecule has 1 aliphatic rings. The molecule has 1 rings (SSSR count). The third-order valence-corrected chi connectivity index (χ3v) is 14.1. The van der Waals surface area contributed by atoms with Crippen LogP contribution < -0.4 is 0 Å². The van der Waals surface area contributed by atoms with Gasteiger partial charge < -0.3 is 4.74 Å². The first-order valence-electron chi connectivity index (χ1n) is 5.20. The minimum atomic E-state index is 0.149. The summed E-state index contributed by atoms with van der Waals surface area (Å²) in [6, 6.07) is 0. The van der Waals surface area contributed by atoms with E-state index in [2.05, 4.69) is 38.2 Å². The molecule has 0 aromatic rings. The summed E-state index contributed by atoms with van der Waals surface area (Å²) in [7, 11) is 2.01. The van der Waals surface area contributed by atoms with Crippen LogP contribution in [-0.4, -0.2) is 40.1 Å². The first-order valence-corrected chi connectivity index (χ1v) is 15.6. The highest BCUT2D eigenvalue weighted by molar-refractivity contribution is 7.24. The summed E-state index contributed by atoms with van der Waals surface area (Å²) in [4.78, 5) is 0. The molecule has 0 aliphatic heterocycles. The summed E-state index contributed by atoms with van der Waals surface area (Å²) in [6.45, 7) is 5.33. The van der Waals surface area contributed by atoms with Crippen LogP contribution in [0.5, 0.6) is 0 Å². The van der Waals surface area contributed by atoms with Gasteiger partial charge in [-0.25, -0.2) is 0 Å². The SMILES string of the molecule is CCOC1C=CC=CC1(C)[SiH2][SiH2][SiH3]. The molecule has 2 atom stereocenters. The van der Waals surface area contributed by atoms with E-state index in [-0.39, 0.29) is 9.04 Å². The van der Waals surface area contributed by atoms with Crippen LogP contribution in [0.2, 0.25) is 5.04 Å². The van der Waals surface area contributed by atoms with E-state index < -0.39 is 0 Å². The molecule has 0 aromatic carbocycles. The molecule has 0 saturated heterocycles. The predicted octanol–water partition coefficient (Wildman–Crippen LogP) is -0.771. The van der Waals surface area contributed by atoms with E-state index >= 15 is 0 Å². The van der Waals surface area contributed by atoms with Gasteiger partial charge in [-0.05, 0) is 25.2 Å². The third-order valence-electron chi connectivity index (χ3n) is 2.66. The van der Waals surface area contributed by atoms with E-state index in [1.165, 1.54) is 9.76 Å². The average Bonchev–Trinajstić information content (AvgIpc) is 2.10. The molecule has 13 heavy (non-hydrogen) atoms. The Labute approximate surface area is 88.3 Å². The maximum Gasteiger partial charge on any atom is 0.0813 e. The second-order valence-electron chi connectivity index (χ2n) is 3.88. The molecular weight excluding hydrogens is 208 g/mol. The van der Waals surface area contributed by atoms with Gasteiger partial charge in [0.2, 0.25) is 0 Å². The number of rotatable bonds is 4. The first-order chi connectivity index (χ1) is 6.23. The summed E-state index contributed by atoms with van der Waals surface area (Å²) in [5.74, 6) is 0. The maximum absolute atomic E-state index is 5.79. The number of hydrogen-bond acceptors (Lipinski definition) is 1. The molecule has 74 valence electrons. The van der Waals surface area contributed by atoms with E-state index in [0.29, 0.717) is 19.7 Å². The predicted molar refractivity (Wildman–Crippen MR) is 69.1 cm³/mol. The second kappa shape index (κ2) is 5.09. The van der Waals surface area contributed by atoms with E-state index in [9.17, 15) is 0 Å². The molecule has 0 fully saturated rings. The van der Waals surface area contributed by atoms with Gasteiger partial charge in [-0.15, -0.1) is 0 Å². The molecule has 0 spiro atoms. The van der Waals surface area contributed by atoms with Gasteiger partial charge in [0.15, 0.2) is 0 Å². The fourth-order valence-electron chi connectivity index (χ4n) is 1.94. The fraction of sp³-hybridized carbons (Fsp3) is 0.556. The van der Waals surface area contributed by atoms with Crippen LogP contribution in [0.1, 0.15) is 13.8 Å². The molecule has 1 nitrogen and oxygen atoms in total. The Kier molecular flexibility index (Phi) is 4.37. The van der Waals surface area contributed by atoms with Gasteiger partial charge in [-0.3, -0.25) is 0 Å². The lowest BCUT2D eigenvalue weighted by atomic mass is 9.98. The Morgan fingerprint density at radius 1 is 1.54 bits per heavy atom. The average molecular weight is 229 g/mol. The number of ether oxygens (including phenoxy) is 1. The van der Waals surface area contributed by atoms with Gasteiger partial charge in [0.25, 0.3) is 0 Å². The van der Waals surface area contributed by atoms with Gasteiger partial charge in [-0.1, -0.05) is 31.2 Å². The molecule has 0 saturated carbocycles. The van der Waals surface area contributed by atoms with Crippen molar-refractivity contribution in [3.63, 3.8) is 0 Å². The molecular formula is C9H20OSi3. The topological polar surface area (TPSA) is 9.23 Å². The van der Waals surface area contributed by atoms with Crippen molar-refractivity contribution in [1.82, 2.24) is 0 Å². The highest BCUT2D eigenvalue weighted by Gasteiger charge is 2.30. The summed E-state index contributed by atoms with van der Waals surface area (Å²) in [5, 5.41) is 0.443. The zero-order valence-corrected chi connectivity index (χ0v) is 13.7. The Bertz CT molecular complexity index is 215. The van der Waals surface area contributed by atoms with Crippen molar-refractivity contribution in [2.75, 3.05) is 6.61 Å². The molecule has 4 heteroatoms. The van der Waals surface area contributed by atoms with Gasteiger partial charge in [0.1, 0.15) is 0 Å². The van der Waals surface area contributed by atoms with Crippen molar-refractivity contribution in [3.8, 4) is 0 Å². The fourth-order valence-corrected chi connectivity index (χ4v) is 18.1. The van der Waals surface area contributed by atoms with Crippen molar-refractivity contribution < 1.29 is 4.74 Å². The smallest absolute Gasteiger partial charge is 0.0813 e. The van der Waals surface area contributed by atoms with Crippen molar-refractivity contribution in [2.45, 2.75) is 25.0 Å². The normalized spacial score (nSPS) is 34.5. The van der Waals surface area contributed by atoms with Gasteiger partial charge in [0.05, 0.1) is 6.10 Å². The van der Waals surface area contributed by atoms with Crippen LogP contribution >= 0.6 is 0 Å². The highest BCUT2D eigenvalue weighted by atomic mass is 29.5. The van der Waals surface area contributed by atoms with Crippen LogP contribution in [-0.2, 0) is 4.74 Å². The summed E-state index contributed by atoms with van der Waals surface area (Å²) in [5.41, 5.74) is 0. The third kappa shape index (κ3) is 2.77. The Morgan fingerprint density at radius 2 is 2.31 bits per heavy atom. The van der Waals surface area contributed by atoms with Crippen LogP contribution in [0.25, 0.3) is 0 Å². The summed E-state index contributed by atoms with van der Waals surface area (Å²) in [6.07, 6.45) is 9.35. The van der Waals surface area contributed by atoms with Crippen molar-refractivity contribution in [2.24, 2.45) is 0 Å². The lowest BCUT2D eigenvalue weighted by Crippen LogP contribution is -2.34. The molecule has 2 unspecified atom stereocenters. The van der Waals surface area contributed by atoms with E-state index in [4.69, 9.17) is 4.74 Å². The van der Waals surface area contributed by atoms with Gasteiger partial charge in [0, 0.05) is 20.7 Å². The van der Waals surface area contributed by atoms with Crippen LogP contribution in [0.4, 0.5) is 0 Å². The number of hydrogen-bond donors (Lipinski definition) is 0. The standard InChI is InChI=1S/C9H20OSi3/c1-3-10-8-6-4-5-7-9(8,2)12-13-11/h4-8H,3,12-13H2,1-2,11H3. The number of allylic oxidation sites excluding steroid dienone is 2. The van der Waals surface area contributed by atoms with Crippen molar-refractivity contribution >= 4 is 27.4 Å². The molecule has 0 aromatic heterocycles. The summed E-state index contributed by atoms with van der Waals surface area (Å²) < 4.78 is 5.79. The summed E-state index contributed by atoms with van der Waals surface area (Å²) >= 11 is 0. The Morgan fingerprint density at radius 3 is 2.92 bits per heavy atom.